The van der Waals surface area contributed by atoms with Crippen molar-refractivity contribution >= 4 is 28.9 Å². The van der Waals surface area contributed by atoms with E-state index >= 15 is 0 Å². The Bertz CT molecular complexity index is 1360. The fraction of sp³-hybridized carbons (Fsp3) is 0.677. The lowest BCUT2D eigenvalue weighted by atomic mass is 9.91. The molecule has 0 bridgehead atoms. The van der Waals surface area contributed by atoms with E-state index in [4.69, 9.17) is 4.74 Å². The van der Waals surface area contributed by atoms with Crippen molar-refractivity contribution in [3.63, 3.8) is 0 Å². The van der Waals surface area contributed by atoms with Crippen LogP contribution in [-0.4, -0.2) is 75.2 Å². The molecule has 5 heterocycles. The molecule has 0 aliphatic carbocycles. The van der Waals surface area contributed by atoms with Crippen LogP contribution in [0.25, 0.3) is 11.0 Å². The Balaban J connectivity index is 0.939. The van der Waals surface area contributed by atoms with E-state index in [9.17, 15) is 19.2 Å². The molecule has 4 aliphatic rings. The minimum absolute atomic E-state index is 0.137. The van der Waals surface area contributed by atoms with Gasteiger partial charge >= 0.3 is 11.8 Å². The van der Waals surface area contributed by atoms with Gasteiger partial charge in [0.2, 0.25) is 11.8 Å². The molecule has 3 amide bonds. The van der Waals surface area contributed by atoms with Crippen LogP contribution in [0.1, 0.15) is 82.2 Å². The summed E-state index contributed by atoms with van der Waals surface area (Å²) in [6, 6.07) is 6.51. The first kappa shape index (κ1) is 28.0. The first-order chi connectivity index (χ1) is 19.9. The largest absolute Gasteiger partial charge is 0.448 e. The van der Waals surface area contributed by atoms with Crippen LogP contribution in [0, 0.1) is 5.92 Å². The third kappa shape index (κ3) is 5.80. The van der Waals surface area contributed by atoms with Gasteiger partial charge in [0.25, 0.3) is 0 Å². The lowest BCUT2D eigenvalue weighted by Gasteiger charge is -2.32. The smallest absolute Gasteiger partial charge is 0.409 e. The van der Waals surface area contributed by atoms with Crippen LogP contribution in [-0.2, 0) is 27.8 Å². The molecule has 1 N–H and O–H groups in total. The standard InChI is InChI=1S/C31H43N5O5/c1-33-27-19-22(8-11-25(27)36(30(33)39)26-12-13-28(37)32-29(26)38)6-3-2-5-21-14-17-34(18-15-21)31(40)41-20-24-10-9-23-7-4-16-35(23)24/h8,11,19,21,23-24,26H,2-7,9-10,12-18,20H2,1H3,(H,32,37,38). The molecule has 0 spiro atoms. The Morgan fingerprint density at radius 3 is 2.61 bits per heavy atom. The lowest BCUT2D eigenvalue weighted by molar-refractivity contribution is -0.135. The molecule has 3 unspecified atom stereocenters. The van der Waals surface area contributed by atoms with Gasteiger partial charge in [-0.05, 0) is 87.9 Å². The number of aromatic nitrogens is 2. The third-order valence-corrected chi connectivity index (χ3v) is 10.0. The zero-order valence-electron chi connectivity index (χ0n) is 24.2. The zero-order chi connectivity index (χ0) is 28.5. The monoisotopic (exact) mass is 565 g/mol. The Morgan fingerprint density at radius 2 is 1.80 bits per heavy atom. The zero-order valence-corrected chi connectivity index (χ0v) is 24.2. The highest BCUT2D eigenvalue weighted by molar-refractivity contribution is 6.00. The van der Waals surface area contributed by atoms with Crippen molar-refractivity contribution < 1.29 is 19.1 Å². The van der Waals surface area contributed by atoms with Crippen molar-refractivity contribution in [2.75, 3.05) is 26.2 Å². The van der Waals surface area contributed by atoms with Gasteiger partial charge in [-0.2, -0.15) is 0 Å². The molecule has 1 aromatic carbocycles. The molecule has 0 radical (unpaired) electrons. The van der Waals surface area contributed by atoms with Crippen LogP contribution in [0.2, 0.25) is 0 Å². The Labute approximate surface area is 241 Å². The van der Waals surface area contributed by atoms with E-state index in [0.29, 0.717) is 25.0 Å². The molecule has 0 saturated carbocycles. The van der Waals surface area contributed by atoms with E-state index in [2.05, 4.69) is 16.3 Å². The highest BCUT2D eigenvalue weighted by Crippen LogP contribution is 2.33. The second-order valence-electron chi connectivity index (χ2n) is 12.5. The van der Waals surface area contributed by atoms with Crippen LogP contribution in [0.4, 0.5) is 4.79 Å². The molecule has 3 atom stereocenters. The van der Waals surface area contributed by atoms with Crippen LogP contribution >= 0.6 is 0 Å². The predicted molar refractivity (Wildman–Crippen MR) is 155 cm³/mol. The summed E-state index contributed by atoms with van der Waals surface area (Å²) in [6.07, 6.45) is 11.8. The minimum atomic E-state index is -0.659. The SMILES string of the molecule is Cn1c(=O)n(C2CCC(=O)NC2=O)c2ccc(CCCCC3CCN(C(=O)OCC4CCC5CCCN54)CC3)cc21. The normalized spacial score (nSPS) is 25.6. The number of imide groups is 1. The lowest BCUT2D eigenvalue weighted by Crippen LogP contribution is -2.44. The number of fused-ring (bicyclic) bond motifs is 2. The summed E-state index contributed by atoms with van der Waals surface area (Å²) < 4.78 is 8.86. The number of benzene rings is 1. The molecular formula is C31H43N5O5. The summed E-state index contributed by atoms with van der Waals surface area (Å²) >= 11 is 0. The summed E-state index contributed by atoms with van der Waals surface area (Å²) in [4.78, 5) is 54.1. The summed E-state index contributed by atoms with van der Waals surface area (Å²) in [6.45, 7) is 3.27. The molecule has 4 saturated heterocycles. The number of amides is 3. The maximum Gasteiger partial charge on any atom is 0.409 e. The Morgan fingerprint density at radius 1 is 0.976 bits per heavy atom. The van der Waals surface area contributed by atoms with Crippen molar-refractivity contribution in [1.29, 1.82) is 0 Å². The molecule has 2 aromatic rings. The first-order valence-electron chi connectivity index (χ1n) is 15.6. The van der Waals surface area contributed by atoms with E-state index in [-0.39, 0.29) is 24.1 Å². The quantitative estimate of drug-likeness (QED) is 0.388. The fourth-order valence-corrected chi connectivity index (χ4v) is 7.60. The van der Waals surface area contributed by atoms with E-state index in [1.54, 1.807) is 11.6 Å². The van der Waals surface area contributed by atoms with Gasteiger partial charge in [-0.15, -0.1) is 0 Å². The minimum Gasteiger partial charge on any atom is -0.448 e. The van der Waals surface area contributed by atoms with Crippen molar-refractivity contribution in [3.05, 3.63) is 34.2 Å². The first-order valence-corrected chi connectivity index (χ1v) is 15.6. The molecule has 4 aliphatic heterocycles. The van der Waals surface area contributed by atoms with Gasteiger partial charge in [0, 0.05) is 38.6 Å². The average molecular weight is 566 g/mol. The molecule has 1 aromatic heterocycles. The van der Waals surface area contributed by atoms with Crippen molar-refractivity contribution in [2.45, 2.75) is 95.2 Å². The van der Waals surface area contributed by atoms with Gasteiger partial charge in [-0.25, -0.2) is 9.59 Å². The molecule has 10 heteroatoms. The Kier molecular flexibility index (Phi) is 8.19. The van der Waals surface area contributed by atoms with E-state index in [0.717, 1.165) is 81.7 Å². The number of ether oxygens (including phenoxy) is 1. The van der Waals surface area contributed by atoms with Crippen LogP contribution < -0.4 is 11.0 Å². The second kappa shape index (κ2) is 12.0. The topological polar surface area (TPSA) is 106 Å². The molecule has 10 nitrogen and oxygen atoms in total. The molecule has 4 fully saturated rings. The molecule has 41 heavy (non-hydrogen) atoms. The number of carbonyl (C=O) groups is 3. The number of rotatable bonds is 8. The average Bonchev–Trinajstić information content (AvgIpc) is 3.66. The number of imidazole rings is 1. The van der Waals surface area contributed by atoms with Crippen LogP contribution in [0.15, 0.2) is 23.0 Å². The number of nitrogens with one attached hydrogen (secondary N) is 1. The summed E-state index contributed by atoms with van der Waals surface area (Å²) in [5, 5.41) is 2.36. The van der Waals surface area contributed by atoms with Gasteiger partial charge in [0.05, 0.1) is 11.0 Å². The maximum absolute atomic E-state index is 13.0. The number of hydrogen-bond donors (Lipinski definition) is 1. The highest BCUT2D eigenvalue weighted by atomic mass is 16.6. The van der Waals surface area contributed by atoms with E-state index in [1.807, 2.05) is 17.0 Å². The van der Waals surface area contributed by atoms with Crippen LogP contribution in [0.3, 0.4) is 0 Å². The Hall–Kier alpha value is -3.14. The number of carbonyl (C=O) groups excluding carboxylic acids is 3. The highest BCUT2D eigenvalue weighted by Gasteiger charge is 2.37. The van der Waals surface area contributed by atoms with Crippen molar-refractivity contribution in [3.8, 4) is 0 Å². The number of unbranched alkanes of at least 4 members (excludes halogenated alkanes) is 1. The third-order valence-electron chi connectivity index (χ3n) is 10.0. The number of piperidine rings is 2. The number of likely N-dealkylation sites (tertiary alicyclic amines) is 1. The van der Waals surface area contributed by atoms with Gasteiger partial charge in [0.1, 0.15) is 12.6 Å². The molecule has 6 rings (SSSR count). The summed E-state index contributed by atoms with van der Waals surface area (Å²) in [5.74, 6) is -0.0540. The van der Waals surface area contributed by atoms with Gasteiger partial charge in [-0.3, -0.25) is 28.9 Å². The van der Waals surface area contributed by atoms with Gasteiger partial charge in [0.15, 0.2) is 0 Å². The van der Waals surface area contributed by atoms with Gasteiger partial charge < -0.3 is 9.64 Å². The van der Waals surface area contributed by atoms with Gasteiger partial charge in [-0.1, -0.05) is 18.9 Å². The number of nitrogens with zero attached hydrogens (tertiary/aromatic N) is 4. The summed E-state index contributed by atoms with van der Waals surface area (Å²) in [5.41, 5.74) is 2.48. The second-order valence-corrected chi connectivity index (χ2v) is 12.5. The van der Waals surface area contributed by atoms with Crippen LogP contribution in [0.5, 0.6) is 0 Å². The number of hydrogen-bond acceptors (Lipinski definition) is 6. The fourth-order valence-electron chi connectivity index (χ4n) is 7.60. The summed E-state index contributed by atoms with van der Waals surface area (Å²) in [7, 11) is 1.73. The molecule has 222 valence electrons. The maximum atomic E-state index is 13.0. The van der Waals surface area contributed by atoms with E-state index < -0.39 is 11.9 Å². The molecular weight excluding hydrogens is 522 g/mol. The predicted octanol–water partition coefficient (Wildman–Crippen LogP) is 3.51. The van der Waals surface area contributed by atoms with E-state index in [1.165, 1.54) is 29.4 Å². The van der Waals surface area contributed by atoms with Crippen molar-refractivity contribution in [1.82, 2.24) is 24.3 Å². The van der Waals surface area contributed by atoms with Crippen molar-refractivity contribution in [2.24, 2.45) is 13.0 Å². The number of aryl methyl sites for hydroxylation is 2.